The van der Waals surface area contributed by atoms with Gasteiger partial charge in [-0.1, -0.05) is 31.0 Å². The minimum atomic E-state index is -1.25. The lowest BCUT2D eigenvalue weighted by atomic mass is 10.0. The summed E-state index contributed by atoms with van der Waals surface area (Å²) in [6.45, 7) is 0. The molecule has 126 valence electrons. The monoisotopic (exact) mass is 337 g/mol. The van der Waals surface area contributed by atoms with Gasteiger partial charge in [-0.15, -0.1) is 0 Å². The number of aliphatic carboxylic acids is 1. The largest absolute Gasteiger partial charge is 0.480 e. The predicted molar refractivity (Wildman–Crippen MR) is 88.5 cm³/mol. The van der Waals surface area contributed by atoms with Crippen molar-refractivity contribution in [1.29, 1.82) is 0 Å². The summed E-state index contributed by atoms with van der Waals surface area (Å²) in [5.41, 5.74) is 0. The smallest absolute Gasteiger partial charge is 0.326 e. The second kappa shape index (κ2) is 8.82. The highest BCUT2D eigenvalue weighted by atomic mass is 32.2. The Morgan fingerprint density at radius 1 is 1.22 bits per heavy atom. The third-order valence-electron chi connectivity index (χ3n) is 4.18. The van der Waals surface area contributed by atoms with Crippen molar-refractivity contribution in [2.45, 2.75) is 49.5 Å². The van der Waals surface area contributed by atoms with Gasteiger partial charge in [-0.05, 0) is 37.3 Å². The molecule has 1 aromatic rings. The molecule has 1 aromatic carbocycles. The Bertz CT molecular complexity index is 555. The van der Waals surface area contributed by atoms with Crippen molar-refractivity contribution >= 4 is 22.7 Å². The van der Waals surface area contributed by atoms with Gasteiger partial charge in [-0.2, -0.15) is 0 Å². The minimum Gasteiger partial charge on any atom is -0.480 e. The molecule has 5 nitrogen and oxygen atoms in total. The number of hydrogen-bond acceptors (Lipinski definition) is 3. The molecule has 23 heavy (non-hydrogen) atoms. The van der Waals surface area contributed by atoms with Gasteiger partial charge in [0.1, 0.15) is 6.04 Å². The van der Waals surface area contributed by atoms with Crippen molar-refractivity contribution in [3.63, 3.8) is 0 Å². The standard InChI is InChI=1S/C17H23NO4S/c19-16(12-13-6-4-5-7-13)18-15(17(20)21)10-11-23(22)14-8-2-1-3-9-14/h1-3,8-9,13,15H,4-7,10-12H2,(H,18,19)(H,20,21)/t15-,23-/m1/s1. The summed E-state index contributed by atoms with van der Waals surface area (Å²) >= 11 is 0. The molecular weight excluding hydrogens is 314 g/mol. The summed E-state index contributed by atoms with van der Waals surface area (Å²) in [6, 6.07) is 7.96. The third-order valence-corrected chi connectivity index (χ3v) is 5.58. The van der Waals surface area contributed by atoms with E-state index in [1.807, 2.05) is 6.07 Å². The Balaban J connectivity index is 1.82. The zero-order valence-electron chi connectivity index (χ0n) is 13.1. The van der Waals surface area contributed by atoms with E-state index in [0.717, 1.165) is 25.7 Å². The second-order valence-electron chi connectivity index (χ2n) is 5.96. The lowest BCUT2D eigenvalue weighted by molar-refractivity contribution is -0.142. The fraction of sp³-hybridized carbons (Fsp3) is 0.529. The quantitative estimate of drug-likeness (QED) is 0.762. The van der Waals surface area contributed by atoms with E-state index in [1.54, 1.807) is 24.3 Å². The maximum Gasteiger partial charge on any atom is 0.326 e. The van der Waals surface area contributed by atoms with Gasteiger partial charge in [0, 0.05) is 17.1 Å². The van der Waals surface area contributed by atoms with Gasteiger partial charge in [0.15, 0.2) is 0 Å². The number of carboxylic acid groups (broad SMARTS) is 1. The van der Waals surface area contributed by atoms with Gasteiger partial charge < -0.3 is 10.4 Å². The number of benzene rings is 1. The second-order valence-corrected chi connectivity index (χ2v) is 7.54. The van der Waals surface area contributed by atoms with Crippen molar-refractivity contribution in [1.82, 2.24) is 5.32 Å². The zero-order chi connectivity index (χ0) is 16.7. The predicted octanol–water partition coefficient (Wildman–Crippen LogP) is 2.33. The number of rotatable bonds is 8. The van der Waals surface area contributed by atoms with Gasteiger partial charge in [-0.3, -0.25) is 9.00 Å². The van der Waals surface area contributed by atoms with Crippen molar-refractivity contribution in [3.05, 3.63) is 30.3 Å². The number of hydrogen-bond donors (Lipinski definition) is 2. The normalized spacial score (nSPS) is 17.6. The summed E-state index contributed by atoms with van der Waals surface area (Å²) in [6.07, 6.45) is 4.94. The Hall–Kier alpha value is -1.69. The lowest BCUT2D eigenvalue weighted by Crippen LogP contribution is -2.42. The highest BCUT2D eigenvalue weighted by Gasteiger charge is 2.24. The molecule has 1 saturated carbocycles. The average Bonchev–Trinajstić information content (AvgIpc) is 3.04. The Morgan fingerprint density at radius 2 is 1.87 bits per heavy atom. The van der Waals surface area contributed by atoms with Crippen LogP contribution in [0.3, 0.4) is 0 Å². The Labute approximate surface area is 138 Å². The molecule has 6 heteroatoms. The van der Waals surface area contributed by atoms with Crippen LogP contribution in [0.5, 0.6) is 0 Å². The van der Waals surface area contributed by atoms with E-state index in [2.05, 4.69) is 5.32 Å². The summed E-state index contributed by atoms with van der Waals surface area (Å²) in [5.74, 6) is -0.697. The first-order valence-electron chi connectivity index (χ1n) is 8.02. The molecule has 0 saturated heterocycles. The molecular formula is C17H23NO4S. The number of carbonyl (C=O) groups is 2. The number of amides is 1. The first-order chi connectivity index (χ1) is 11.1. The van der Waals surface area contributed by atoms with Crippen LogP contribution in [0.2, 0.25) is 0 Å². The molecule has 0 radical (unpaired) electrons. The van der Waals surface area contributed by atoms with Crippen molar-refractivity contribution in [2.75, 3.05) is 5.75 Å². The van der Waals surface area contributed by atoms with Crippen LogP contribution in [-0.4, -0.2) is 33.0 Å². The fourth-order valence-corrected chi connectivity index (χ4v) is 4.05. The van der Waals surface area contributed by atoms with E-state index in [4.69, 9.17) is 0 Å². The summed E-state index contributed by atoms with van der Waals surface area (Å²) in [4.78, 5) is 24.0. The molecule has 0 aromatic heterocycles. The molecule has 0 spiro atoms. The minimum absolute atomic E-state index is 0.160. The van der Waals surface area contributed by atoms with Gasteiger partial charge in [0.25, 0.3) is 0 Å². The van der Waals surface area contributed by atoms with Crippen LogP contribution in [0.4, 0.5) is 0 Å². The summed E-state index contributed by atoms with van der Waals surface area (Å²) < 4.78 is 12.1. The van der Waals surface area contributed by atoms with Crippen molar-refractivity contribution in [3.8, 4) is 0 Å². The molecule has 0 heterocycles. The molecule has 1 aliphatic rings. The SMILES string of the molecule is O=C(CC1CCCC1)N[C@H](CC[S@@](=O)c1ccccc1)C(=O)O. The van der Waals surface area contributed by atoms with E-state index in [-0.39, 0.29) is 18.1 Å². The van der Waals surface area contributed by atoms with E-state index in [1.165, 1.54) is 0 Å². The molecule has 0 unspecified atom stereocenters. The van der Waals surface area contributed by atoms with Gasteiger partial charge in [0.05, 0.1) is 10.8 Å². The van der Waals surface area contributed by atoms with Crippen LogP contribution in [0.25, 0.3) is 0 Å². The summed E-state index contributed by atoms with van der Waals surface area (Å²) in [5, 5.41) is 11.8. The van der Waals surface area contributed by atoms with Gasteiger partial charge in [0.2, 0.25) is 5.91 Å². The molecule has 2 atom stereocenters. The fourth-order valence-electron chi connectivity index (χ4n) is 2.90. The Kier molecular flexibility index (Phi) is 6.77. The molecule has 1 fully saturated rings. The molecule has 0 bridgehead atoms. The molecule has 2 N–H and O–H groups in total. The first kappa shape index (κ1) is 17.7. The van der Waals surface area contributed by atoms with Gasteiger partial charge in [-0.25, -0.2) is 4.79 Å². The number of carbonyl (C=O) groups excluding carboxylic acids is 1. The van der Waals surface area contributed by atoms with Crippen LogP contribution in [0.1, 0.15) is 38.5 Å². The maximum atomic E-state index is 12.1. The van der Waals surface area contributed by atoms with E-state index in [0.29, 0.717) is 17.2 Å². The Morgan fingerprint density at radius 3 is 2.48 bits per heavy atom. The molecule has 1 aliphatic carbocycles. The highest BCUT2D eigenvalue weighted by molar-refractivity contribution is 7.85. The lowest BCUT2D eigenvalue weighted by Gasteiger charge is -2.16. The topological polar surface area (TPSA) is 83.5 Å². The third kappa shape index (κ3) is 5.78. The van der Waals surface area contributed by atoms with Crippen LogP contribution >= 0.6 is 0 Å². The first-order valence-corrected chi connectivity index (χ1v) is 9.33. The van der Waals surface area contributed by atoms with Gasteiger partial charge >= 0.3 is 5.97 Å². The summed E-state index contributed by atoms with van der Waals surface area (Å²) in [7, 11) is -1.25. The van der Waals surface area contributed by atoms with Crippen LogP contribution in [0.15, 0.2) is 35.2 Å². The zero-order valence-corrected chi connectivity index (χ0v) is 13.9. The van der Waals surface area contributed by atoms with Crippen LogP contribution in [-0.2, 0) is 20.4 Å². The molecule has 1 amide bonds. The van der Waals surface area contributed by atoms with Crippen LogP contribution in [0, 0.1) is 5.92 Å². The van der Waals surface area contributed by atoms with Crippen molar-refractivity contribution < 1.29 is 18.9 Å². The van der Waals surface area contributed by atoms with Crippen molar-refractivity contribution in [2.24, 2.45) is 5.92 Å². The van der Waals surface area contributed by atoms with E-state index >= 15 is 0 Å². The van der Waals surface area contributed by atoms with E-state index < -0.39 is 22.8 Å². The number of nitrogens with one attached hydrogen (secondary N) is 1. The van der Waals surface area contributed by atoms with E-state index in [9.17, 15) is 18.9 Å². The highest BCUT2D eigenvalue weighted by Crippen LogP contribution is 2.27. The number of carboxylic acids is 1. The van der Waals surface area contributed by atoms with Crippen LogP contribution < -0.4 is 5.32 Å². The molecule has 2 rings (SSSR count). The average molecular weight is 337 g/mol. The molecule has 0 aliphatic heterocycles. The maximum absolute atomic E-state index is 12.1.